The fourth-order valence-electron chi connectivity index (χ4n) is 5.14. The van der Waals surface area contributed by atoms with E-state index in [1.54, 1.807) is 37.2 Å². The lowest BCUT2D eigenvalue weighted by atomic mass is 9.94. The number of amides is 2. The van der Waals surface area contributed by atoms with Crippen molar-refractivity contribution in [1.82, 2.24) is 25.0 Å². The molecule has 2 amide bonds. The van der Waals surface area contributed by atoms with Crippen LogP contribution in [0.3, 0.4) is 0 Å². The third kappa shape index (κ3) is 6.21. The van der Waals surface area contributed by atoms with Gasteiger partial charge >= 0.3 is 6.03 Å². The van der Waals surface area contributed by atoms with E-state index in [9.17, 15) is 13.6 Å². The number of rotatable bonds is 9. The first kappa shape index (κ1) is 28.2. The van der Waals surface area contributed by atoms with Crippen LogP contribution in [0.4, 0.5) is 19.4 Å². The molecule has 0 saturated carbocycles. The molecule has 1 aliphatic heterocycles. The van der Waals surface area contributed by atoms with Crippen LogP contribution >= 0.6 is 0 Å². The first-order valence-corrected chi connectivity index (χ1v) is 13.3. The lowest BCUT2D eigenvalue weighted by molar-refractivity contribution is 0.159. The number of nitrogens with zero attached hydrogens (tertiary/aromatic N) is 4. The molecule has 0 radical (unpaired) electrons. The molecule has 2 N–H and O–H groups in total. The molecule has 0 spiro atoms. The number of anilines is 1. The number of pyridine rings is 1. The van der Waals surface area contributed by atoms with Crippen molar-refractivity contribution in [3.8, 4) is 22.8 Å². The van der Waals surface area contributed by atoms with Gasteiger partial charge in [-0.05, 0) is 42.8 Å². The van der Waals surface area contributed by atoms with Gasteiger partial charge in [-0.2, -0.15) is 5.10 Å². The van der Waals surface area contributed by atoms with Crippen molar-refractivity contribution in [2.45, 2.75) is 18.9 Å². The topological polar surface area (TPSA) is 93.5 Å². The third-order valence-electron chi connectivity index (χ3n) is 7.27. The Morgan fingerprint density at radius 2 is 1.85 bits per heavy atom. The lowest BCUT2D eigenvalue weighted by Gasteiger charge is -2.21. The van der Waals surface area contributed by atoms with Crippen LogP contribution in [0.25, 0.3) is 16.9 Å². The van der Waals surface area contributed by atoms with Crippen LogP contribution in [0.15, 0.2) is 66.9 Å². The van der Waals surface area contributed by atoms with Crippen LogP contribution in [-0.4, -0.2) is 72.2 Å². The van der Waals surface area contributed by atoms with Crippen molar-refractivity contribution in [2.75, 3.05) is 45.8 Å². The Morgan fingerprint density at radius 3 is 2.54 bits per heavy atom. The zero-order valence-corrected chi connectivity index (χ0v) is 23.1. The molecular weight excluding hydrogens is 530 g/mol. The van der Waals surface area contributed by atoms with Gasteiger partial charge in [0.05, 0.1) is 31.1 Å². The highest BCUT2D eigenvalue weighted by atomic mass is 19.2. The Bertz CT molecular complexity index is 1500. The zero-order chi connectivity index (χ0) is 28.9. The summed E-state index contributed by atoms with van der Waals surface area (Å²) in [6, 6.07) is 16.2. The van der Waals surface area contributed by atoms with Gasteiger partial charge in [-0.15, -0.1) is 0 Å². The number of methoxy groups -OCH3 is 2. The Morgan fingerprint density at radius 1 is 1.05 bits per heavy atom. The van der Waals surface area contributed by atoms with E-state index < -0.39 is 17.7 Å². The molecule has 4 aromatic rings. The smallest absolute Gasteiger partial charge is 0.320 e. The Labute approximate surface area is 237 Å². The summed E-state index contributed by atoms with van der Waals surface area (Å²) in [7, 11) is 3.18. The summed E-state index contributed by atoms with van der Waals surface area (Å²) >= 11 is 0. The minimum Gasteiger partial charge on any atom is -0.481 e. The Hall–Kier alpha value is -4.35. The SMILES string of the molecule is COCCN1C[C@@H](NC(=O)Nc2c(C)c(-c3ccc(OC)nc3)nn2-c2ccccc2)[C@H](c2ccc(F)c(F)c2)C1. The summed E-state index contributed by atoms with van der Waals surface area (Å²) in [5, 5.41) is 10.9. The van der Waals surface area contributed by atoms with E-state index >= 15 is 0 Å². The predicted molar refractivity (Wildman–Crippen MR) is 151 cm³/mol. The van der Waals surface area contributed by atoms with E-state index in [-0.39, 0.29) is 12.0 Å². The molecular formula is C30H32F2N6O3. The lowest BCUT2D eigenvalue weighted by Crippen LogP contribution is -2.42. The van der Waals surface area contributed by atoms with E-state index in [0.29, 0.717) is 49.2 Å². The first-order chi connectivity index (χ1) is 19.9. The van der Waals surface area contributed by atoms with Crippen molar-refractivity contribution >= 4 is 11.8 Å². The molecule has 2 aromatic heterocycles. The molecule has 41 heavy (non-hydrogen) atoms. The monoisotopic (exact) mass is 562 g/mol. The number of carbonyl (C=O) groups is 1. The van der Waals surface area contributed by atoms with E-state index in [1.807, 2.05) is 43.3 Å². The average molecular weight is 563 g/mol. The number of para-hydroxylation sites is 1. The second-order valence-corrected chi connectivity index (χ2v) is 9.90. The minimum atomic E-state index is -0.913. The van der Waals surface area contributed by atoms with Gasteiger partial charge in [0, 0.05) is 56.1 Å². The number of hydrogen-bond acceptors (Lipinski definition) is 6. The standard InChI is InChI=1S/C30H32F2N6O3/c1-19-28(21-10-12-27(41-3)33-16-21)36-38(22-7-5-4-6-8-22)29(19)35-30(39)34-26-18-37(13-14-40-2)17-23(26)20-9-11-24(31)25(32)15-20/h4-12,15-16,23,26H,13-14,17-18H2,1-3H3,(H2,34,35,39)/t23-,26+/m0/s1. The van der Waals surface area contributed by atoms with Gasteiger partial charge in [-0.1, -0.05) is 24.3 Å². The number of likely N-dealkylation sites (tertiary alicyclic amines) is 1. The Kier molecular flexibility index (Phi) is 8.55. The number of benzene rings is 2. The molecule has 1 aliphatic rings. The van der Waals surface area contributed by atoms with Crippen LogP contribution in [0.2, 0.25) is 0 Å². The van der Waals surface area contributed by atoms with Gasteiger partial charge in [0.15, 0.2) is 11.6 Å². The maximum Gasteiger partial charge on any atom is 0.320 e. The molecule has 0 bridgehead atoms. The van der Waals surface area contributed by atoms with Gasteiger partial charge in [-0.3, -0.25) is 10.2 Å². The highest BCUT2D eigenvalue weighted by Gasteiger charge is 2.35. The van der Waals surface area contributed by atoms with E-state index in [2.05, 4.69) is 20.5 Å². The van der Waals surface area contributed by atoms with E-state index in [0.717, 1.165) is 22.9 Å². The molecule has 0 aliphatic carbocycles. The van der Waals surface area contributed by atoms with Crippen LogP contribution in [-0.2, 0) is 4.74 Å². The van der Waals surface area contributed by atoms with Gasteiger partial charge in [0.1, 0.15) is 5.82 Å². The van der Waals surface area contributed by atoms with Crippen molar-refractivity contribution < 1.29 is 23.0 Å². The number of nitrogens with one attached hydrogen (secondary N) is 2. The summed E-state index contributed by atoms with van der Waals surface area (Å²) in [5.41, 5.74) is 3.56. The molecule has 9 nitrogen and oxygen atoms in total. The summed E-state index contributed by atoms with van der Waals surface area (Å²) in [6.45, 7) is 4.14. The average Bonchev–Trinajstić information content (AvgIpc) is 3.54. The normalized spacial score (nSPS) is 17.0. The number of carbonyl (C=O) groups excluding carboxylic acids is 1. The highest BCUT2D eigenvalue weighted by molar-refractivity contribution is 5.91. The summed E-state index contributed by atoms with van der Waals surface area (Å²) in [6.07, 6.45) is 1.67. The van der Waals surface area contributed by atoms with Crippen LogP contribution in [0, 0.1) is 18.6 Å². The number of aromatic nitrogens is 3. The molecule has 1 fully saturated rings. The summed E-state index contributed by atoms with van der Waals surface area (Å²) in [5.74, 6) is -1.08. The second-order valence-electron chi connectivity index (χ2n) is 9.90. The molecule has 0 unspecified atom stereocenters. The van der Waals surface area contributed by atoms with E-state index in [1.165, 1.54) is 6.07 Å². The predicted octanol–water partition coefficient (Wildman–Crippen LogP) is 4.77. The van der Waals surface area contributed by atoms with Crippen LogP contribution in [0.1, 0.15) is 17.0 Å². The van der Waals surface area contributed by atoms with Crippen molar-refractivity contribution in [2.24, 2.45) is 0 Å². The van der Waals surface area contributed by atoms with Gasteiger partial charge in [0.25, 0.3) is 0 Å². The maximum absolute atomic E-state index is 14.1. The van der Waals surface area contributed by atoms with Gasteiger partial charge in [0.2, 0.25) is 5.88 Å². The van der Waals surface area contributed by atoms with Crippen molar-refractivity contribution in [3.63, 3.8) is 0 Å². The zero-order valence-electron chi connectivity index (χ0n) is 23.1. The molecule has 5 rings (SSSR count). The third-order valence-corrected chi connectivity index (χ3v) is 7.27. The maximum atomic E-state index is 14.1. The molecule has 3 heterocycles. The Balaban J connectivity index is 1.42. The summed E-state index contributed by atoms with van der Waals surface area (Å²) in [4.78, 5) is 19.9. The molecule has 2 aromatic carbocycles. The van der Waals surface area contributed by atoms with Crippen molar-refractivity contribution in [1.29, 1.82) is 0 Å². The first-order valence-electron chi connectivity index (χ1n) is 13.3. The molecule has 2 atom stereocenters. The minimum absolute atomic E-state index is 0.242. The largest absolute Gasteiger partial charge is 0.481 e. The van der Waals surface area contributed by atoms with Gasteiger partial charge < -0.3 is 14.8 Å². The molecule has 1 saturated heterocycles. The quantitative estimate of drug-likeness (QED) is 0.306. The molecule has 11 heteroatoms. The fraction of sp³-hybridized carbons (Fsp3) is 0.300. The fourth-order valence-corrected chi connectivity index (χ4v) is 5.14. The molecule has 214 valence electrons. The number of ether oxygens (including phenoxy) is 2. The number of halogens is 2. The highest BCUT2D eigenvalue weighted by Crippen LogP contribution is 2.32. The van der Waals surface area contributed by atoms with Crippen molar-refractivity contribution in [3.05, 3.63) is 89.6 Å². The number of urea groups is 1. The second kappa shape index (κ2) is 12.4. The van der Waals surface area contributed by atoms with Crippen LogP contribution < -0.4 is 15.4 Å². The van der Waals surface area contributed by atoms with Crippen LogP contribution in [0.5, 0.6) is 5.88 Å². The van der Waals surface area contributed by atoms with E-state index in [4.69, 9.17) is 14.6 Å². The summed E-state index contributed by atoms with van der Waals surface area (Å²) < 4.78 is 39.9. The van der Waals surface area contributed by atoms with Gasteiger partial charge in [-0.25, -0.2) is 23.2 Å². The number of hydrogen-bond donors (Lipinski definition) is 2.